The lowest BCUT2D eigenvalue weighted by molar-refractivity contribution is -0.108. The number of anilines is 1. The number of rotatable bonds is 3. The van der Waals surface area contributed by atoms with Crippen molar-refractivity contribution < 1.29 is 9.18 Å². The van der Waals surface area contributed by atoms with Crippen LogP contribution in [0.5, 0.6) is 0 Å². The number of nitrogens with one attached hydrogen (secondary N) is 2. The average molecular weight is 331 g/mol. The number of allylic oxidation sites excluding steroid dienone is 1. The number of H-pyrrole nitrogens is 1. The summed E-state index contributed by atoms with van der Waals surface area (Å²) in [5.41, 5.74) is 2.59. The molecule has 0 aliphatic carbocycles. The number of thioether (sulfide) groups is 1. The number of carbonyl (C=O) groups is 1. The summed E-state index contributed by atoms with van der Waals surface area (Å²) in [6.45, 7) is 5.78. The van der Waals surface area contributed by atoms with E-state index in [0.717, 1.165) is 11.3 Å². The van der Waals surface area contributed by atoms with Crippen LogP contribution in [-0.4, -0.2) is 20.6 Å². The summed E-state index contributed by atoms with van der Waals surface area (Å²) in [5, 5.41) is 10.2. The Bertz CT molecular complexity index is 782. The molecule has 0 bridgehead atoms. The Labute approximate surface area is 138 Å². The number of fused-ring (bicyclic) bond motifs is 1. The zero-order chi connectivity index (χ0) is 16.6. The van der Waals surface area contributed by atoms with Gasteiger partial charge < -0.3 is 5.32 Å². The first-order valence-corrected chi connectivity index (χ1v) is 8.33. The van der Waals surface area contributed by atoms with Crippen LogP contribution in [0.1, 0.15) is 37.8 Å². The fraction of sp³-hybridized carbons (Fsp3) is 0.294. The molecule has 3 rings (SSSR count). The number of nitrogens with zero attached hydrogens (tertiary/aromatic N) is 1. The molecule has 0 radical (unpaired) electrons. The molecule has 2 aromatic rings. The summed E-state index contributed by atoms with van der Waals surface area (Å²) in [7, 11) is 0. The molecule has 0 spiro atoms. The van der Waals surface area contributed by atoms with Crippen molar-refractivity contribution >= 4 is 22.7 Å². The maximum Gasteiger partial charge on any atom is 0.218 e. The molecule has 4 nitrogen and oxygen atoms in total. The van der Waals surface area contributed by atoms with Gasteiger partial charge >= 0.3 is 0 Å². The first kappa shape index (κ1) is 15.8. The second kappa shape index (κ2) is 6.20. The fourth-order valence-electron chi connectivity index (χ4n) is 2.82. The highest BCUT2D eigenvalue weighted by atomic mass is 32.2. The molecule has 1 aromatic carbocycles. The van der Waals surface area contributed by atoms with Gasteiger partial charge in [0.15, 0.2) is 0 Å². The van der Waals surface area contributed by atoms with Gasteiger partial charge in [-0.15, -0.1) is 0 Å². The highest BCUT2D eigenvalue weighted by Gasteiger charge is 2.35. The summed E-state index contributed by atoms with van der Waals surface area (Å²) >= 11 is 1.26. The lowest BCUT2D eigenvalue weighted by Gasteiger charge is -2.28. The van der Waals surface area contributed by atoms with Crippen molar-refractivity contribution in [3.8, 4) is 0 Å². The second-order valence-electron chi connectivity index (χ2n) is 5.77. The van der Waals surface area contributed by atoms with E-state index in [1.807, 2.05) is 20.8 Å². The molecule has 2 N–H and O–H groups in total. The van der Waals surface area contributed by atoms with Gasteiger partial charge in [0.25, 0.3) is 0 Å². The smallest absolute Gasteiger partial charge is 0.218 e. The first-order chi connectivity index (χ1) is 11.0. The number of halogens is 1. The van der Waals surface area contributed by atoms with Crippen LogP contribution in [0.4, 0.5) is 10.2 Å². The van der Waals surface area contributed by atoms with Gasteiger partial charge in [0.1, 0.15) is 11.6 Å². The van der Waals surface area contributed by atoms with E-state index in [1.165, 1.54) is 17.8 Å². The maximum absolute atomic E-state index is 14.4. The van der Waals surface area contributed by atoms with Crippen molar-refractivity contribution in [2.45, 2.75) is 31.9 Å². The molecule has 6 heteroatoms. The van der Waals surface area contributed by atoms with Gasteiger partial charge in [-0.05, 0) is 13.0 Å². The van der Waals surface area contributed by atoms with Crippen LogP contribution in [-0.2, 0) is 4.79 Å². The second-order valence-corrected chi connectivity index (χ2v) is 7.32. The predicted octanol–water partition coefficient (Wildman–Crippen LogP) is 4.05. The van der Waals surface area contributed by atoms with Gasteiger partial charge in [0.2, 0.25) is 5.12 Å². The summed E-state index contributed by atoms with van der Waals surface area (Å²) in [5.74, 6) is -0.0639. The van der Waals surface area contributed by atoms with Gasteiger partial charge in [-0.1, -0.05) is 43.8 Å². The highest BCUT2D eigenvalue weighted by Crippen LogP contribution is 2.43. The normalized spacial score (nSPS) is 17.2. The summed E-state index contributed by atoms with van der Waals surface area (Å²) in [6, 6.07) is 6.58. The quantitative estimate of drug-likeness (QED) is 0.891. The Balaban J connectivity index is 2.15. The molecule has 0 amide bonds. The van der Waals surface area contributed by atoms with Crippen molar-refractivity contribution in [1.82, 2.24) is 10.2 Å². The largest absolute Gasteiger partial charge is 0.344 e. The minimum atomic E-state index is -0.454. The number of hydrogen-bond donors (Lipinski definition) is 2. The molecule has 120 valence electrons. The molecule has 0 fully saturated rings. The van der Waals surface area contributed by atoms with Crippen LogP contribution in [0.2, 0.25) is 0 Å². The third-order valence-corrected chi connectivity index (χ3v) is 4.67. The molecule has 23 heavy (non-hydrogen) atoms. The van der Waals surface area contributed by atoms with Crippen molar-refractivity contribution in [3.63, 3.8) is 0 Å². The van der Waals surface area contributed by atoms with E-state index in [2.05, 4.69) is 15.5 Å². The van der Waals surface area contributed by atoms with E-state index in [9.17, 15) is 9.18 Å². The number of hydrogen-bond acceptors (Lipinski definition) is 4. The molecular weight excluding hydrogens is 313 g/mol. The monoisotopic (exact) mass is 331 g/mol. The SMILES string of the molecule is CC1=C(C(=O)SC(C)C)C(c2ccccc2F)c2cn[nH]c2N1. The zero-order valence-corrected chi connectivity index (χ0v) is 14.0. The van der Waals surface area contributed by atoms with Crippen molar-refractivity contribution in [2.24, 2.45) is 0 Å². The summed E-state index contributed by atoms with van der Waals surface area (Å²) in [4.78, 5) is 12.8. The third-order valence-electron chi connectivity index (χ3n) is 3.76. The van der Waals surface area contributed by atoms with Crippen LogP contribution < -0.4 is 5.32 Å². The average Bonchev–Trinajstić information content (AvgIpc) is 2.93. The van der Waals surface area contributed by atoms with Crippen LogP contribution >= 0.6 is 11.8 Å². The van der Waals surface area contributed by atoms with Crippen molar-refractivity contribution in [1.29, 1.82) is 0 Å². The maximum atomic E-state index is 14.4. The molecule has 2 heterocycles. The van der Waals surface area contributed by atoms with E-state index in [-0.39, 0.29) is 16.2 Å². The minimum absolute atomic E-state index is 0.0369. The van der Waals surface area contributed by atoms with E-state index < -0.39 is 5.92 Å². The molecule has 1 unspecified atom stereocenters. The fourth-order valence-corrected chi connectivity index (χ4v) is 3.65. The number of aromatic nitrogens is 2. The van der Waals surface area contributed by atoms with Crippen LogP contribution in [0.3, 0.4) is 0 Å². The third kappa shape index (κ3) is 2.91. The van der Waals surface area contributed by atoms with Gasteiger partial charge in [-0.3, -0.25) is 9.89 Å². The van der Waals surface area contributed by atoms with E-state index >= 15 is 0 Å². The Morgan fingerprint density at radius 3 is 2.74 bits per heavy atom. The standard InChI is InChI=1S/C17H18FN3OS/c1-9(2)23-17(22)14-10(3)20-16-12(8-19-21-16)15(14)11-6-4-5-7-13(11)18/h4-9,15H,1-3H3,(H2,19,20,21). The molecule has 1 aromatic heterocycles. The Kier molecular flexibility index (Phi) is 4.26. The van der Waals surface area contributed by atoms with Crippen molar-refractivity contribution in [3.05, 3.63) is 58.7 Å². The molecular formula is C17H18FN3OS. The van der Waals surface area contributed by atoms with E-state index in [0.29, 0.717) is 17.0 Å². The number of aromatic amines is 1. The summed E-state index contributed by atoms with van der Waals surface area (Å²) in [6.07, 6.45) is 1.65. The zero-order valence-electron chi connectivity index (χ0n) is 13.2. The van der Waals surface area contributed by atoms with Gasteiger partial charge in [-0.2, -0.15) is 5.10 Å². The predicted molar refractivity (Wildman–Crippen MR) is 90.9 cm³/mol. The Morgan fingerprint density at radius 1 is 1.30 bits per heavy atom. The van der Waals surface area contributed by atoms with Gasteiger partial charge in [0.05, 0.1) is 6.20 Å². The van der Waals surface area contributed by atoms with E-state index in [1.54, 1.807) is 24.4 Å². The van der Waals surface area contributed by atoms with Crippen molar-refractivity contribution in [2.75, 3.05) is 5.32 Å². The molecule has 1 aliphatic heterocycles. The molecule has 1 atom stereocenters. The minimum Gasteiger partial charge on any atom is -0.344 e. The molecule has 0 saturated heterocycles. The number of carbonyl (C=O) groups excluding carboxylic acids is 1. The van der Waals surface area contributed by atoms with Crippen LogP contribution in [0, 0.1) is 5.82 Å². The Morgan fingerprint density at radius 2 is 2.04 bits per heavy atom. The van der Waals surface area contributed by atoms with Crippen LogP contribution in [0.15, 0.2) is 41.7 Å². The Hall–Kier alpha value is -2.08. The topological polar surface area (TPSA) is 57.8 Å². The summed E-state index contributed by atoms with van der Waals surface area (Å²) < 4.78 is 14.4. The highest BCUT2D eigenvalue weighted by molar-refractivity contribution is 8.14. The van der Waals surface area contributed by atoms with E-state index in [4.69, 9.17) is 0 Å². The number of benzene rings is 1. The lowest BCUT2D eigenvalue weighted by Crippen LogP contribution is -2.22. The van der Waals surface area contributed by atoms with Gasteiger partial charge in [0, 0.05) is 33.6 Å². The van der Waals surface area contributed by atoms with Crippen LogP contribution in [0.25, 0.3) is 0 Å². The lowest BCUT2D eigenvalue weighted by atomic mass is 9.83. The van der Waals surface area contributed by atoms with Gasteiger partial charge in [-0.25, -0.2) is 4.39 Å². The molecule has 1 aliphatic rings. The molecule has 0 saturated carbocycles. The first-order valence-electron chi connectivity index (χ1n) is 7.45.